The van der Waals surface area contributed by atoms with E-state index in [1.165, 1.54) is 18.2 Å². The van der Waals surface area contributed by atoms with Crippen molar-refractivity contribution in [1.29, 1.82) is 0 Å². The number of non-ortho nitro benzene ring substituents is 1. The smallest absolute Gasteiger partial charge is 0.319 e. The van der Waals surface area contributed by atoms with Gasteiger partial charge >= 0.3 is 6.03 Å². The maximum absolute atomic E-state index is 12.2. The van der Waals surface area contributed by atoms with Crippen molar-refractivity contribution in [3.63, 3.8) is 0 Å². The highest BCUT2D eigenvalue weighted by Crippen LogP contribution is 2.31. The number of benzene rings is 2. The van der Waals surface area contributed by atoms with E-state index < -0.39 is 11.0 Å². The van der Waals surface area contributed by atoms with Crippen LogP contribution in [0.1, 0.15) is 11.6 Å². The lowest BCUT2D eigenvalue weighted by atomic mass is 10.1. The Hall–Kier alpha value is -3.33. The molecule has 0 fully saturated rings. The molecule has 2 N–H and O–H groups in total. The number of nitrogens with one attached hydrogen (secondary N) is 2. The highest BCUT2D eigenvalue weighted by Gasteiger charge is 2.18. The van der Waals surface area contributed by atoms with Gasteiger partial charge in [0.15, 0.2) is 11.5 Å². The SMILES string of the molecule is COc1ccc([C@H](CNC(=O)Nc2cccc([N+](=O)[O-])c2)N(C)C)cc1OC. The number of nitrogens with zero attached hydrogens (tertiary/aromatic N) is 2. The van der Waals surface area contributed by atoms with Gasteiger partial charge in [0, 0.05) is 24.4 Å². The number of carbonyl (C=O) groups is 1. The van der Waals surface area contributed by atoms with Crippen molar-refractivity contribution < 1.29 is 19.2 Å². The molecule has 0 aliphatic rings. The molecule has 0 unspecified atom stereocenters. The van der Waals surface area contributed by atoms with Gasteiger partial charge in [-0.1, -0.05) is 12.1 Å². The van der Waals surface area contributed by atoms with E-state index in [9.17, 15) is 14.9 Å². The molecule has 2 aromatic carbocycles. The minimum atomic E-state index is -0.512. The molecular weight excluding hydrogens is 364 g/mol. The van der Waals surface area contributed by atoms with E-state index in [1.54, 1.807) is 20.3 Å². The van der Waals surface area contributed by atoms with Gasteiger partial charge in [-0.15, -0.1) is 0 Å². The highest BCUT2D eigenvalue weighted by atomic mass is 16.6. The Bertz CT molecular complexity index is 841. The number of rotatable bonds is 8. The van der Waals surface area contributed by atoms with Crippen molar-refractivity contribution in [3.8, 4) is 11.5 Å². The van der Waals surface area contributed by atoms with Crippen LogP contribution < -0.4 is 20.1 Å². The van der Waals surface area contributed by atoms with Gasteiger partial charge in [-0.05, 0) is 37.9 Å². The second-order valence-corrected chi connectivity index (χ2v) is 6.24. The minimum absolute atomic E-state index is 0.0886. The Balaban J connectivity index is 2.06. The topological polar surface area (TPSA) is 106 Å². The number of likely N-dealkylation sites (N-methyl/N-ethyl adjacent to an activating group) is 1. The Morgan fingerprint density at radius 2 is 1.86 bits per heavy atom. The number of hydrogen-bond acceptors (Lipinski definition) is 6. The Kier molecular flexibility index (Phi) is 7.16. The van der Waals surface area contributed by atoms with E-state index in [-0.39, 0.29) is 11.7 Å². The summed E-state index contributed by atoms with van der Waals surface area (Å²) in [6.45, 7) is 0.323. The summed E-state index contributed by atoms with van der Waals surface area (Å²) in [5.74, 6) is 1.23. The molecule has 0 aliphatic heterocycles. The van der Waals surface area contributed by atoms with Crippen LogP contribution in [0.2, 0.25) is 0 Å². The van der Waals surface area contributed by atoms with Gasteiger partial charge in [-0.2, -0.15) is 0 Å². The third-order valence-corrected chi connectivity index (χ3v) is 4.19. The van der Waals surface area contributed by atoms with Gasteiger partial charge in [0.25, 0.3) is 5.69 Å². The van der Waals surface area contributed by atoms with Crippen LogP contribution in [0.15, 0.2) is 42.5 Å². The number of anilines is 1. The molecule has 0 aromatic heterocycles. The zero-order valence-electron chi connectivity index (χ0n) is 16.3. The minimum Gasteiger partial charge on any atom is -0.493 e. The number of amides is 2. The number of nitro benzene ring substituents is 1. The normalized spacial score (nSPS) is 11.6. The monoisotopic (exact) mass is 388 g/mol. The fraction of sp³-hybridized carbons (Fsp3) is 0.316. The van der Waals surface area contributed by atoms with Crippen LogP contribution in [-0.2, 0) is 0 Å². The van der Waals surface area contributed by atoms with Crippen molar-refractivity contribution in [2.45, 2.75) is 6.04 Å². The van der Waals surface area contributed by atoms with Crippen LogP contribution in [-0.4, -0.2) is 50.7 Å². The Labute approximate surface area is 163 Å². The molecule has 0 spiro atoms. The first-order valence-electron chi connectivity index (χ1n) is 8.53. The second-order valence-electron chi connectivity index (χ2n) is 6.24. The number of carbonyl (C=O) groups excluding carboxylic acids is 1. The van der Waals surface area contributed by atoms with Gasteiger partial charge in [0.2, 0.25) is 0 Å². The maximum atomic E-state index is 12.2. The van der Waals surface area contributed by atoms with Crippen molar-refractivity contribution >= 4 is 17.4 Å². The molecule has 9 heteroatoms. The quantitative estimate of drug-likeness (QED) is 0.532. The summed E-state index contributed by atoms with van der Waals surface area (Å²) in [5, 5.41) is 16.2. The molecule has 2 rings (SSSR count). The summed E-state index contributed by atoms with van der Waals surface area (Å²) >= 11 is 0. The third-order valence-electron chi connectivity index (χ3n) is 4.19. The largest absolute Gasteiger partial charge is 0.493 e. The van der Waals surface area contributed by atoms with Crippen molar-refractivity contribution in [1.82, 2.24) is 10.2 Å². The highest BCUT2D eigenvalue weighted by molar-refractivity contribution is 5.89. The Morgan fingerprint density at radius 3 is 2.46 bits per heavy atom. The molecule has 0 bridgehead atoms. The first-order chi connectivity index (χ1) is 13.3. The fourth-order valence-corrected chi connectivity index (χ4v) is 2.72. The van der Waals surface area contributed by atoms with Crippen LogP contribution in [0.4, 0.5) is 16.2 Å². The summed E-state index contributed by atoms with van der Waals surface area (Å²) in [6, 6.07) is 10.8. The van der Waals surface area contributed by atoms with Crippen LogP contribution in [0.3, 0.4) is 0 Å². The van der Waals surface area contributed by atoms with Gasteiger partial charge in [-0.3, -0.25) is 10.1 Å². The van der Waals surface area contributed by atoms with Crippen LogP contribution in [0.5, 0.6) is 11.5 Å². The average molecular weight is 388 g/mol. The van der Waals surface area contributed by atoms with Gasteiger partial charge in [0.1, 0.15) is 0 Å². The van der Waals surface area contributed by atoms with Crippen LogP contribution in [0.25, 0.3) is 0 Å². The fourth-order valence-electron chi connectivity index (χ4n) is 2.72. The Morgan fingerprint density at radius 1 is 1.14 bits per heavy atom. The molecule has 0 heterocycles. The zero-order chi connectivity index (χ0) is 20.7. The van der Waals surface area contributed by atoms with E-state index in [1.807, 2.05) is 37.2 Å². The lowest BCUT2D eigenvalue weighted by molar-refractivity contribution is -0.384. The first kappa shape index (κ1) is 21.0. The van der Waals surface area contributed by atoms with Crippen LogP contribution >= 0.6 is 0 Å². The lowest BCUT2D eigenvalue weighted by Crippen LogP contribution is -2.36. The standard InChI is InChI=1S/C19H24N4O5/c1-22(2)16(13-8-9-17(27-3)18(10-13)28-4)12-20-19(24)21-14-6-5-7-15(11-14)23(25)26/h5-11,16H,12H2,1-4H3,(H2,20,21,24)/t16-/m0/s1. The number of methoxy groups -OCH3 is 2. The predicted molar refractivity (Wildman–Crippen MR) is 106 cm³/mol. The van der Waals surface area contributed by atoms with Crippen LogP contribution in [0, 0.1) is 10.1 Å². The van der Waals surface area contributed by atoms with E-state index >= 15 is 0 Å². The molecule has 0 radical (unpaired) electrons. The molecule has 2 amide bonds. The lowest BCUT2D eigenvalue weighted by Gasteiger charge is -2.26. The number of urea groups is 1. The van der Waals surface area contributed by atoms with Gasteiger partial charge in [-0.25, -0.2) is 4.79 Å². The molecule has 0 saturated heterocycles. The van der Waals surface area contributed by atoms with E-state index in [0.717, 1.165) is 5.56 Å². The van der Waals surface area contributed by atoms with E-state index in [2.05, 4.69) is 10.6 Å². The summed E-state index contributed by atoms with van der Waals surface area (Å²) < 4.78 is 10.6. The second kappa shape index (κ2) is 9.56. The van der Waals surface area contributed by atoms with E-state index in [4.69, 9.17) is 9.47 Å². The van der Waals surface area contributed by atoms with Gasteiger partial charge in [0.05, 0.1) is 25.2 Å². The molecule has 150 valence electrons. The molecule has 0 aliphatic carbocycles. The zero-order valence-corrected chi connectivity index (χ0v) is 16.3. The predicted octanol–water partition coefficient (Wildman–Crippen LogP) is 3.04. The first-order valence-corrected chi connectivity index (χ1v) is 8.53. The molecule has 28 heavy (non-hydrogen) atoms. The number of ether oxygens (including phenoxy) is 2. The average Bonchev–Trinajstić information content (AvgIpc) is 2.67. The van der Waals surface area contributed by atoms with E-state index in [0.29, 0.717) is 23.7 Å². The molecule has 0 saturated carbocycles. The number of nitro groups is 1. The molecule has 9 nitrogen and oxygen atoms in total. The molecular formula is C19H24N4O5. The molecule has 1 atom stereocenters. The summed E-state index contributed by atoms with van der Waals surface area (Å²) in [6.07, 6.45) is 0. The summed E-state index contributed by atoms with van der Waals surface area (Å²) in [5.41, 5.74) is 1.20. The van der Waals surface area contributed by atoms with Crippen molar-refractivity contribution in [2.24, 2.45) is 0 Å². The van der Waals surface area contributed by atoms with Gasteiger partial charge < -0.3 is 25.0 Å². The number of hydrogen-bond donors (Lipinski definition) is 2. The maximum Gasteiger partial charge on any atom is 0.319 e. The summed E-state index contributed by atoms with van der Waals surface area (Å²) in [7, 11) is 6.95. The van der Waals surface area contributed by atoms with Crippen molar-refractivity contribution in [2.75, 3.05) is 40.2 Å². The summed E-state index contributed by atoms with van der Waals surface area (Å²) in [4.78, 5) is 24.5. The van der Waals surface area contributed by atoms with Crippen molar-refractivity contribution in [3.05, 3.63) is 58.1 Å². The third kappa shape index (κ3) is 5.34. The molecule has 2 aromatic rings.